The molecule has 1 fully saturated rings. The highest BCUT2D eigenvalue weighted by molar-refractivity contribution is 6.32. The third-order valence-electron chi connectivity index (χ3n) is 4.56. The Morgan fingerprint density at radius 1 is 1.27 bits per heavy atom. The number of amides is 2. The Morgan fingerprint density at radius 2 is 2.00 bits per heavy atom. The lowest BCUT2D eigenvalue weighted by atomic mass is 10.1. The van der Waals surface area contributed by atoms with Gasteiger partial charge in [0.2, 0.25) is 5.91 Å². The largest absolute Gasteiger partial charge is 0.465 e. The van der Waals surface area contributed by atoms with Gasteiger partial charge < -0.3 is 14.9 Å². The zero-order chi connectivity index (χ0) is 16.0. The average molecular weight is 324 g/mol. The van der Waals surface area contributed by atoms with Gasteiger partial charge in [-0.3, -0.25) is 9.78 Å². The maximum Gasteiger partial charge on any atom is 0.407 e. The first-order chi connectivity index (χ1) is 10.4. The van der Waals surface area contributed by atoms with Crippen LogP contribution in [0.1, 0.15) is 28.9 Å². The molecule has 3 rings (SSSR count). The molecule has 0 bridgehead atoms. The van der Waals surface area contributed by atoms with Crippen LogP contribution in [0, 0.1) is 19.8 Å². The summed E-state index contributed by atoms with van der Waals surface area (Å²) >= 11 is 6.23. The van der Waals surface area contributed by atoms with Crippen LogP contribution in [0.2, 0.25) is 5.02 Å². The van der Waals surface area contributed by atoms with E-state index in [1.807, 2.05) is 13.8 Å². The monoisotopic (exact) mass is 323 g/mol. The van der Waals surface area contributed by atoms with Crippen molar-refractivity contribution >= 4 is 23.6 Å². The molecule has 0 saturated carbocycles. The third kappa shape index (κ3) is 2.41. The standard InChI is InChI=1S/C15H18ClN3O3/c1-8-11-6-19(7-12(11)17-9(2)13(8)16)14(20)10-3-4-18(5-10)15(21)22/h10H,3-7H2,1-2H3,(H,21,22)/t10-/m1/s1. The summed E-state index contributed by atoms with van der Waals surface area (Å²) in [4.78, 5) is 31.1. The van der Waals surface area contributed by atoms with E-state index in [1.54, 1.807) is 4.90 Å². The first kappa shape index (κ1) is 15.1. The number of carbonyl (C=O) groups excluding carboxylic acids is 1. The fourth-order valence-electron chi connectivity index (χ4n) is 3.26. The first-order valence-corrected chi connectivity index (χ1v) is 7.67. The molecule has 1 saturated heterocycles. The average Bonchev–Trinajstić information content (AvgIpc) is 3.11. The minimum Gasteiger partial charge on any atom is -0.465 e. The summed E-state index contributed by atoms with van der Waals surface area (Å²) in [5.41, 5.74) is 3.70. The number of aromatic nitrogens is 1. The molecule has 1 N–H and O–H groups in total. The number of carboxylic acid groups (broad SMARTS) is 1. The first-order valence-electron chi connectivity index (χ1n) is 7.29. The molecule has 0 spiro atoms. The molecule has 118 valence electrons. The lowest BCUT2D eigenvalue weighted by Gasteiger charge is -2.19. The van der Waals surface area contributed by atoms with Gasteiger partial charge in [-0.2, -0.15) is 0 Å². The van der Waals surface area contributed by atoms with Gasteiger partial charge in [0.05, 0.1) is 28.9 Å². The van der Waals surface area contributed by atoms with Crippen molar-refractivity contribution < 1.29 is 14.7 Å². The fraction of sp³-hybridized carbons (Fsp3) is 0.533. The van der Waals surface area contributed by atoms with Crippen LogP contribution in [0.15, 0.2) is 0 Å². The Hall–Kier alpha value is -1.82. The van der Waals surface area contributed by atoms with E-state index in [2.05, 4.69) is 4.98 Å². The van der Waals surface area contributed by atoms with Gasteiger partial charge in [0.1, 0.15) is 0 Å². The summed E-state index contributed by atoms with van der Waals surface area (Å²) in [6, 6.07) is 0. The lowest BCUT2D eigenvalue weighted by molar-refractivity contribution is -0.135. The Kier molecular flexibility index (Phi) is 3.72. The molecule has 1 aromatic rings. The predicted octanol–water partition coefficient (Wildman–Crippen LogP) is 2.19. The Labute approximate surface area is 133 Å². The summed E-state index contributed by atoms with van der Waals surface area (Å²) in [6.07, 6.45) is -0.371. The summed E-state index contributed by atoms with van der Waals surface area (Å²) in [6.45, 7) is 5.52. The van der Waals surface area contributed by atoms with Crippen LogP contribution in [0.4, 0.5) is 4.79 Å². The van der Waals surface area contributed by atoms with E-state index >= 15 is 0 Å². The second kappa shape index (κ2) is 5.43. The summed E-state index contributed by atoms with van der Waals surface area (Å²) < 4.78 is 0. The van der Waals surface area contributed by atoms with E-state index in [9.17, 15) is 9.59 Å². The van der Waals surface area contributed by atoms with Crippen molar-refractivity contribution in [1.29, 1.82) is 0 Å². The zero-order valence-corrected chi connectivity index (χ0v) is 13.4. The molecule has 1 aromatic heterocycles. The number of pyridine rings is 1. The van der Waals surface area contributed by atoms with Gasteiger partial charge in [0, 0.05) is 19.6 Å². The molecule has 22 heavy (non-hydrogen) atoms. The number of rotatable bonds is 1. The molecular weight excluding hydrogens is 306 g/mol. The molecule has 2 aliphatic heterocycles. The van der Waals surface area contributed by atoms with E-state index in [-0.39, 0.29) is 18.4 Å². The number of hydrogen-bond donors (Lipinski definition) is 1. The summed E-state index contributed by atoms with van der Waals surface area (Å²) in [7, 11) is 0. The second-order valence-corrected chi connectivity index (χ2v) is 6.35. The van der Waals surface area contributed by atoms with E-state index in [4.69, 9.17) is 16.7 Å². The summed E-state index contributed by atoms with van der Waals surface area (Å²) in [5, 5.41) is 9.65. The van der Waals surface area contributed by atoms with Crippen LogP contribution in [0.3, 0.4) is 0 Å². The molecule has 0 unspecified atom stereocenters. The normalized spacial score (nSPS) is 20.4. The molecule has 2 aliphatic rings. The molecule has 0 aromatic carbocycles. The van der Waals surface area contributed by atoms with E-state index < -0.39 is 6.09 Å². The quantitative estimate of drug-likeness (QED) is 0.859. The molecule has 0 radical (unpaired) electrons. The number of aryl methyl sites for hydroxylation is 1. The van der Waals surface area contributed by atoms with Crippen molar-refractivity contribution in [1.82, 2.24) is 14.8 Å². The molecule has 2 amide bonds. The Balaban J connectivity index is 1.75. The number of carbonyl (C=O) groups is 2. The maximum atomic E-state index is 12.6. The lowest BCUT2D eigenvalue weighted by Crippen LogP contribution is -2.35. The molecule has 7 heteroatoms. The highest BCUT2D eigenvalue weighted by Gasteiger charge is 2.36. The van der Waals surface area contributed by atoms with Gasteiger partial charge in [0.25, 0.3) is 0 Å². The minimum absolute atomic E-state index is 0.00919. The van der Waals surface area contributed by atoms with Crippen LogP contribution in [-0.2, 0) is 17.9 Å². The topological polar surface area (TPSA) is 73.7 Å². The van der Waals surface area contributed by atoms with Gasteiger partial charge in [-0.05, 0) is 31.4 Å². The number of nitrogens with zero attached hydrogens (tertiary/aromatic N) is 3. The number of halogens is 1. The summed E-state index contributed by atoms with van der Waals surface area (Å²) in [5.74, 6) is -0.239. The zero-order valence-electron chi connectivity index (χ0n) is 12.6. The SMILES string of the molecule is Cc1nc2c(c(C)c1Cl)CN(C(=O)[C@@H]1CCN(C(=O)O)C1)C2. The van der Waals surface area contributed by atoms with Crippen molar-refractivity contribution in [3.05, 3.63) is 27.5 Å². The van der Waals surface area contributed by atoms with Crippen molar-refractivity contribution in [3.8, 4) is 0 Å². The smallest absolute Gasteiger partial charge is 0.407 e. The minimum atomic E-state index is -0.958. The van der Waals surface area contributed by atoms with Crippen molar-refractivity contribution in [3.63, 3.8) is 0 Å². The number of likely N-dealkylation sites (tertiary alicyclic amines) is 1. The van der Waals surface area contributed by atoms with E-state index in [0.29, 0.717) is 31.1 Å². The second-order valence-electron chi connectivity index (χ2n) is 5.97. The molecular formula is C15H18ClN3O3. The van der Waals surface area contributed by atoms with Gasteiger partial charge in [-0.25, -0.2) is 4.79 Å². The third-order valence-corrected chi connectivity index (χ3v) is 5.12. The number of hydrogen-bond acceptors (Lipinski definition) is 3. The van der Waals surface area contributed by atoms with E-state index in [0.717, 1.165) is 22.5 Å². The highest BCUT2D eigenvalue weighted by atomic mass is 35.5. The van der Waals surface area contributed by atoms with Crippen molar-refractivity contribution in [2.45, 2.75) is 33.4 Å². The Bertz CT molecular complexity index is 662. The van der Waals surface area contributed by atoms with Crippen molar-refractivity contribution in [2.75, 3.05) is 13.1 Å². The highest BCUT2D eigenvalue weighted by Crippen LogP contribution is 2.32. The van der Waals surface area contributed by atoms with Gasteiger partial charge in [0.15, 0.2) is 0 Å². The van der Waals surface area contributed by atoms with Crippen LogP contribution < -0.4 is 0 Å². The van der Waals surface area contributed by atoms with Crippen molar-refractivity contribution in [2.24, 2.45) is 5.92 Å². The van der Waals surface area contributed by atoms with E-state index in [1.165, 1.54) is 4.90 Å². The van der Waals surface area contributed by atoms with Crippen LogP contribution in [0.25, 0.3) is 0 Å². The number of fused-ring (bicyclic) bond motifs is 1. The fourth-order valence-corrected chi connectivity index (χ4v) is 3.41. The van der Waals surface area contributed by atoms with Crippen LogP contribution >= 0.6 is 11.6 Å². The van der Waals surface area contributed by atoms with Gasteiger partial charge in [-0.1, -0.05) is 11.6 Å². The van der Waals surface area contributed by atoms with Gasteiger partial charge in [-0.15, -0.1) is 0 Å². The molecule has 0 aliphatic carbocycles. The predicted molar refractivity (Wildman–Crippen MR) is 80.7 cm³/mol. The van der Waals surface area contributed by atoms with Crippen LogP contribution in [-0.4, -0.2) is 45.0 Å². The molecule has 3 heterocycles. The van der Waals surface area contributed by atoms with Gasteiger partial charge >= 0.3 is 6.09 Å². The van der Waals surface area contributed by atoms with Crippen LogP contribution in [0.5, 0.6) is 0 Å². The maximum absolute atomic E-state index is 12.6. The molecule has 1 atom stereocenters. The Morgan fingerprint density at radius 3 is 2.64 bits per heavy atom. The molecule has 6 nitrogen and oxygen atoms in total.